The number of rotatable bonds is 8. The SMILES string of the molecule is COc1ccc(NS(=O)(=O)c2cccc(C(=O)OCc3nnc(-c4ccccc4)o3)c2)cc1. The predicted octanol–water partition coefficient (Wildman–Crippen LogP) is 3.90. The second kappa shape index (κ2) is 9.53. The summed E-state index contributed by atoms with van der Waals surface area (Å²) < 4.78 is 43.7. The van der Waals surface area contributed by atoms with Gasteiger partial charge in [-0.1, -0.05) is 24.3 Å². The Morgan fingerprint density at radius 1 is 0.970 bits per heavy atom. The molecular weight excluding hydrogens is 446 g/mol. The van der Waals surface area contributed by atoms with Gasteiger partial charge in [0.2, 0.25) is 5.89 Å². The maximum absolute atomic E-state index is 12.7. The van der Waals surface area contributed by atoms with E-state index in [0.29, 0.717) is 17.3 Å². The summed E-state index contributed by atoms with van der Waals surface area (Å²) in [7, 11) is -2.40. The number of hydrogen-bond acceptors (Lipinski definition) is 8. The van der Waals surface area contributed by atoms with E-state index in [-0.39, 0.29) is 23.0 Å². The zero-order valence-corrected chi connectivity index (χ0v) is 18.3. The minimum absolute atomic E-state index is 0.0652. The minimum Gasteiger partial charge on any atom is -0.497 e. The summed E-state index contributed by atoms with van der Waals surface area (Å²) in [6, 6.07) is 21.1. The molecule has 0 aliphatic carbocycles. The summed E-state index contributed by atoms with van der Waals surface area (Å²) in [4.78, 5) is 12.4. The fourth-order valence-electron chi connectivity index (χ4n) is 2.88. The number of carbonyl (C=O) groups excluding carboxylic acids is 1. The molecule has 0 saturated heterocycles. The Bertz CT molecular complexity index is 1350. The Hall–Kier alpha value is -4.18. The molecule has 4 rings (SSSR count). The van der Waals surface area contributed by atoms with Crippen LogP contribution in [-0.4, -0.2) is 31.7 Å². The molecule has 0 spiro atoms. The molecule has 3 aromatic carbocycles. The molecule has 168 valence electrons. The van der Waals surface area contributed by atoms with E-state index in [2.05, 4.69) is 14.9 Å². The summed E-state index contributed by atoms with van der Waals surface area (Å²) in [6.45, 7) is -0.250. The second-order valence-electron chi connectivity index (χ2n) is 6.80. The smallest absolute Gasteiger partial charge is 0.338 e. The fraction of sp³-hybridized carbons (Fsp3) is 0.0870. The monoisotopic (exact) mass is 465 g/mol. The van der Waals surface area contributed by atoms with E-state index in [0.717, 1.165) is 5.56 Å². The van der Waals surface area contributed by atoms with Crippen molar-refractivity contribution in [2.75, 3.05) is 11.8 Å². The molecule has 0 unspecified atom stereocenters. The van der Waals surface area contributed by atoms with Gasteiger partial charge in [0.25, 0.3) is 15.9 Å². The molecule has 4 aromatic rings. The summed E-state index contributed by atoms with van der Waals surface area (Å²) >= 11 is 0. The normalized spacial score (nSPS) is 11.1. The Labute approximate surface area is 190 Å². The quantitative estimate of drug-likeness (QED) is 0.389. The molecule has 1 aromatic heterocycles. The van der Waals surface area contributed by atoms with Gasteiger partial charge in [0.05, 0.1) is 17.6 Å². The third-order valence-electron chi connectivity index (χ3n) is 4.54. The lowest BCUT2D eigenvalue weighted by molar-refractivity contribution is 0.0438. The fourth-order valence-corrected chi connectivity index (χ4v) is 3.99. The van der Waals surface area contributed by atoms with Crippen molar-refractivity contribution >= 4 is 21.7 Å². The van der Waals surface area contributed by atoms with E-state index in [1.807, 2.05) is 30.3 Å². The number of sulfonamides is 1. The van der Waals surface area contributed by atoms with Crippen LogP contribution in [0.1, 0.15) is 16.2 Å². The van der Waals surface area contributed by atoms with Crippen LogP contribution >= 0.6 is 0 Å². The first-order chi connectivity index (χ1) is 15.9. The number of nitrogens with zero attached hydrogens (tertiary/aromatic N) is 2. The van der Waals surface area contributed by atoms with Gasteiger partial charge in [0.15, 0.2) is 6.61 Å². The van der Waals surface area contributed by atoms with Crippen molar-refractivity contribution in [2.24, 2.45) is 0 Å². The zero-order valence-electron chi connectivity index (χ0n) is 17.5. The van der Waals surface area contributed by atoms with Gasteiger partial charge in [-0.15, -0.1) is 10.2 Å². The molecule has 1 N–H and O–H groups in total. The first kappa shape index (κ1) is 22.0. The van der Waals surface area contributed by atoms with Crippen LogP contribution in [0.2, 0.25) is 0 Å². The number of anilines is 1. The van der Waals surface area contributed by atoms with Gasteiger partial charge in [-0.25, -0.2) is 13.2 Å². The lowest BCUT2D eigenvalue weighted by Gasteiger charge is -2.10. The van der Waals surface area contributed by atoms with Gasteiger partial charge < -0.3 is 13.9 Å². The van der Waals surface area contributed by atoms with Crippen molar-refractivity contribution in [1.29, 1.82) is 0 Å². The Balaban J connectivity index is 1.42. The molecule has 0 bridgehead atoms. The van der Waals surface area contributed by atoms with Crippen LogP contribution < -0.4 is 9.46 Å². The van der Waals surface area contributed by atoms with E-state index < -0.39 is 16.0 Å². The van der Waals surface area contributed by atoms with Gasteiger partial charge in [0.1, 0.15) is 5.75 Å². The van der Waals surface area contributed by atoms with Gasteiger partial charge >= 0.3 is 5.97 Å². The highest BCUT2D eigenvalue weighted by Crippen LogP contribution is 2.21. The van der Waals surface area contributed by atoms with Gasteiger partial charge in [-0.3, -0.25) is 4.72 Å². The van der Waals surface area contributed by atoms with Crippen LogP contribution in [0.4, 0.5) is 5.69 Å². The maximum Gasteiger partial charge on any atom is 0.338 e. The summed E-state index contributed by atoms with van der Waals surface area (Å²) in [5, 5.41) is 7.80. The zero-order chi connectivity index (χ0) is 23.3. The van der Waals surface area contributed by atoms with Crippen molar-refractivity contribution in [3.8, 4) is 17.2 Å². The van der Waals surface area contributed by atoms with E-state index in [1.54, 1.807) is 24.3 Å². The maximum atomic E-state index is 12.7. The lowest BCUT2D eigenvalue weighted by Crippen LogP contribution is -2.14. The van der Waals surface area contributed by atoms with Crippen molar-refractivity contribution in [3.05, 3.63) is 90.3 Å². The number of ether oxygens (including phenoxy) is 2. The Morgan fingerprint density at radius 2 is 1.73 bits per heavy atom. The molecule has 0 radical (unpaired) electrons. The predicted molar refractivity (Wildman–Crippen MR) is 119 cm³/mol. The third kappa shape index (κ3) is 5.36. The van der Waals surface area contributed by atoms with E-state index in [1.165, 1.54) is 31.4 Å². The van der Waals surface area contributed by atoms with Crippen molar-refractivity contribution in [1.82, 2.24) is 10.2 Å². The molecule has 0 amide bonds. The summed E-state index contributed by atoms with van der Waals surface area (Å²) in [5.41, 5.74) is 1.16. The summed E-state index contributed by atoms with van der Waals surface area (Å²) in [5.74, 6) is 0.294. The van der Waals surface area contributed by atoms with Crippen LogP contribution in [0.3, 0.4) is 0 Å². The molecule has 0 aliphatic rings. The number of methoxy groups -OCH3 is 1. The van der Waals surface area contributed by atoms with Crippen LogP contribution in [0, 0.1) is 0 Å². The molecular formula is C23H19N3O6S. The topological polar surface area (TPSA) is 121 Å². The number of benzene rings is 3. The molecule has 0 fully saturated rings. The van der Waals surface area contributed by atoms with E-state index in [9.17, 15) is 13.2 Å². The molecule has 10 heteroatoms. The van der Waals surface area contributed by atoms with Gasteiger partial charge in [-0.2, -0.15) is 0 Å². The highest BCUT2D eigenvalue weighted by molar-refractivity contribution is 7.92. The lowest BCUT2D eigenvalue weighted by atomic mass is 10.2. The highest BCUT2D eigenvalue weighted by Gasteiger charge is 2.18. The number of nitrogens with one attached hydrogen (secondary N) is 1. The van der Waals surface area contributed by atoms with Gasteiger partial charge in [0, 0.05) is 11.3 Å². The van der Waals surface area contributed by atoms with E-state index in [4.69, 9.17) is 13.9 Å². The summed E-state index contributed by atoms with van der Waals surface area (Å²) in [6.07, 6.45) is 0. The Kier molecular flexibility index (Phi) is 6.36. The molecule has 0 atom stereocenters. The van der Waals surface area contributed by atoms with Crippen LogP contribution in [0.25, 0.3) is 11.5 Å². The number of carbonyl (C=O) groups is 1. The average molecular weight is 465 g/mol. The first-order valence-corrected chi connectivity index (χ1v) is 11.2. The van der Waals surface area contributed by atoms with Crippen LogP contribution in [-0.2, 0) is 21.4 Å². The number of hydrogen-bond donors (Lipinski definition) is 1. The van der Waals surface area contributed by atoms with Crippen LogP contribution in [0.5, 0.6) is 5.75 Å². The number of aromatic nitrogens is 2. The molecule has 1 heterocycles. The third-order valence-corrected chi connectivity index (χ3v) is 5.92. The largest absolute Gasteiger partial charge is 0.497 e. The van der Waals surface area contributed by atoms with Crippen molar-refractivity contribution in [3.63, 3.8) is 0 Å². The average Bonchev–Trinajstić information content (AvgIpc) is 3.32. The van der Waals surface area contributed by atoms with Crippen LogP contribution in [0.15, 0.2) is 88.2 Å². The first-order valence-electron chi connectivity index (χ1n) is 9.76. The second-order valence-corrected chi connectivity index (χ2v) is 8.49. The molecule has 0 aliphatic heterocycles. The standard InChI is InChI=1S/C23H19N3O6S/c1-30-19-12-10-18(11-13-19)26-33(28,29)20-9-5-8-17(14-20)23(27)31-15-21-24-25-22(32-21)16-6-3-2-4-7-16/h2-14,26H,15H2,1H3. The molecule has 33 heavy (non-hydrogen) atoms. The minimum atomic E-state index is -3.92. The van der Waals surface area contributed by atoms with Crippen molar-refractivity contribution < 1.29 is 27.1 Å². The van der Waals surface area contributed by atoms with Gasteiger partial charge in [-0.05, 0) is 54.6 Å². The van der Waals surface area contributed by atoms with Crippen molar-refractivity contribution in [2.45, 2.75) is 11.5 Å². The molecule has 9 nitrogen and oxygen atoms in total. The number of esters is 1. The highest BCUT2D eigenvalue weighted by atomic mass is 32.2. The Morgan fingerprint density at radius 3 is 2.45 bits per heavy atom. The van der Waals surface area contributed by atoms with E-state index >= 15 is 0 Å². The molecule has 0 saturated carbocycles.